The molecule has 8 heteroatoms. The highest BCUT2D eigenvalue weighted by Crippen LogP contribution is 2.31. The lowest BCUT2D eigenvalue weighted by Crippen LogP contribution is -2.46. The predicted octanol–water partition coefficient (Wildman–Crippen LogP) is 6.34. The van der Waals surface area contributed by atoms with Gasteiger partial charge in [0.25, 0.3) is 0 Å². The summed E-state index contributed by atoms with van der Waals surface area (Å²) in [4.78, 5) is 11.4. The molecule has 2 atom stereocenters. The Labute approximate surface area is 221 Å². The van der Waals surface area contributed by atoms with Crippen LogP contribution in [-0.2, 0) is 11.2 Å². The number of β-amino-alcohol motifs (C(OH)–C–C–N with tert-alkyl or cyclic N) is 1. The molecule has 0 aliphatic rings. The minimum absolute atomic E-state index is 0.0551. The number of nitrogens with one attached hydrogen (secondary N) is 1. The summed E-state index contributed by atoms with van der Waals surface area (Å²) >= 11 is 5.63. The third-order valence-electron chi connectivity index (χ3n) is 6.24. The van der Waals surface area contributed by atoms with Crippen molar-refractivity contribution in [3.8, 4) is 11.1 Å². The lowest BCUT2D eigenvalue weighted by atomic mass is 9.94. The maximum atomic E-state index is 14.2. The van der Waals surface area contributed by atoms with E-state index < -0.39 is 29.2 Å². The van der Waals surface area contributed by atoms with Gasteiger partial charge in [0.1, 0.15) is 11.6 Å². The van der Waals surface area contributed by atoms with E-state index in [-0.39, 0.29) is 41.8 Å². The van der Waals surface area contributed by atoms with Gasteiger partial charge in [-0.05, 0) is 80.1 Å². The molecular formula is C29H32ClF2NO4. The Hall–Kier alpha value is -2.84. The lowest BCUT2D eigenvalue weighted by molar-refractivity contribution is -0.00398. The molecule has 3 aromatic carbocycles. The molecule has 3 rings (SSSR count). The molecule has 0 heterocycles. The molecule has 0 saturated heterocycles. The fraction of sp³-hybridized carbons (Fsp3) is 0.345. The molecule has 0 spiro atoms. The third kappa shape index (κ3) is 7.58. The quantitative estimate of drug-likeness (QED) is 0.252. The Kier molecular flexibility index (Phi) is 9.42. The van der Waals surface area contributed by atoms with Crippen LogP contribution in [0.15, 0.2) is 54.6 Å². The van der Waals surface area contributed by atoms with E-state index in [1.54, 1.807) is 19.1 Å². The Morgan fingerprint density at radius 1 is 1.11 bits per heavy atom. The molecule has 0 aliphatic heterocycles. The Bertz CT molecular complexity index is 1260. The number of halogens is 3. The summed E-state index contributed by atoms with van der Waals surface area (Å²) in [5.41, 5.74) is 3.20. The third-order valence-corrected chi connectivity index (χ3v) is 6.53. The summed E-state index contributed by atoms with van der Waals surface area (Å²) in [6.45, 7) is 7.57. The van der Waals surface area contributed by atoms with Gasteiger partial charge in [-0.15, -0.1) is 0 Å². The zero-order valence-electron chi connectivity index (χ0n) is 21.3. The molecule has 37 heavy (non-hydrogen) atoms. The Morgan fingerprint density at radius 3 is 2.49 bits per heavy atom. The summed E-state index contributed by atoms with van der Waals surface area (Å²) in [5, 5.41) is 22.8. The molecule has 0 aliphatic carbocycles. The van der Waals surface area contributed by atoms with E-state index in [9.17, 15) is 23.8 Å². The van der Waals surface area contributed by atoms with Gasteiger partial charge in [0.2, 0.25) is 0 Å². The number of carboxylic acid groups (broad SMARTS) is 1. The number of aromatic carboxylic acids is 1. The molecule has 0 aromatic heterocycles. The number of rotatable bonds is 11. The molecular weight excluding hydrogens is 500 g/mol. The van der Waals surface area contributed by atoms with Crippen LogP contribution in [0.1, 0.15) is 53.9 Å². The van der Waals surface area contributed by atoms with E-state index in [0.717, 1.165) is 28.8 Å². The maximum Gasteiger partial charge on any atom is 0.335 e. The number of benzene rings is 3. The molecule has 3 aromatic rings. The van der Waals surface area contributed by atoms with Crippen molar-refractivity contribution in [1.82, 2.24) is 5.32 Å². The minimum atomic E-state index is -0.967. The van der Waals surface area contributed by atoms with Gasteiger partial charge in [-0.2, -0.15) is 0 Å². The van der Waals surface area contributed by atoms with Crippen LogP contribution in [0, 0.1) is 18.6 Å². The first-order chi connectivity index (χ1) is 17.4. The van der Waals surface area contributed by atoms with Crippen molar-refractivity contribution in [1.29, 1.82) is 0 Å². The average molecular weight is 532 g/mol. The summed E-state index contributed by atoms with van der Waals surface area (Å²) in [6, 6.07) is 15.0. The lowest BCUT2D eigenvalue weighted by Gasteiger charge is -2.28. The van der Waals surface area contributed by atoms with Gasteiger partial charge in [-0.3, -0.25) is 0 Å². The van der Waals surface area contributed by atoms with E-state index in [0.29, 0.717) is 5.56 Å². The Balaban J connectivity index is 1.60. The van der Waals surface area contributed by atoms with Crippen molar-refractivity contribution in [3.63, 3.8) is 0 Å². The van der Waals surface area contributed by atoms with Gasteiger partial charge in [-0.25, -0.2) is 13.6 Å². The number of ether oxygens (including phenoxy) is 1. The van der Waals surface area contributed by atoms with Gasteiger partial charge in [-0.1, -0.05) is 48.0 Å². The molecule has 0 amide bonds. The number of aryl methyl sites for hydroxylation is 1. The number of aliphatic hydroxyl groups is 1. The molecule has 0 fully saturated rings. The zero-order chi connectivity index (χ0) is 27.3. The van der Waals surface area contributed by atoms with Crippen molar-refractivity contribution >= 4 is 17.6 Å². The van der Waals surface area contributed by atoms with Crippen molar-refractivity contribution in [2.45, 2.75) is 51.9 Å². The number of carbonyl (C=O) groups is 1. The van der Waals surface area contributed by atoms with E-state index in [1.807, 2.05) is 51.1 Å². The van der Waals surface area contributed by atoms with Crippen LogP contribution < -0.4 is 5.32 Å². The molecule has 0 bridgehead atoms. The monoisotopic (exact) mass is 531 g/mol. The summed E-state index contributed by atoms with van der Waals surface area (Å²) in [5.74, 6) is -2.22. The van der Waals surface area contributed by atoms with Crippen LogP contribution in [0.4, 0.5) is 8.78 Å². The highest BCUT2D eigenvalue weighted by molar-refractivity contribution is 6.30. The van der Waals surface area contributed by atoms with Crippen molar-refractivity contribution < 1.29 is 28.5 Å². The van der Waals surface area contributed by atoms with Crippen LogP contribution in [0.5, 0.6) is 0 Å². The first-order valence-corrected chi connectivity index (χ1v) is 12.4. The van der Waals surface area contributed by atoms with E-state index in [2.05, 4.69) is 5.32 Å². The molecule has 0 radical (unpaired) electrons. The van der Waals surface area contributed by atoms with E-state index in [4.69, 9.17) is 16.3 Å². The van der Waals surface area contributed by atoms with Crippen molar-refractivity contribution in [2.24, 2.45) is 0 Å². The second-order valence-corrected chi connectivity index (χ2v) is 10.3. The fourth-order valence-electron chi connectivity index (χ4n) is 4.22. The summed E-state index contributed by atoms with van der Waals surface area (Å²) in [6.07, 6.45) is -0.980. The topological polar surface area (TPSA) is 78.8 Å². The fourth-order valence-corrected chi connectivity index (χ4v) is 4.37. The van der Waals surface area contributed by atoms with Gasteiger partial charge >= 0.3 is 5.97 Å². The zero-order valence-corrected chi connectivity index (χ0v) is 22.1. The predicted molar refractivity (Wildman–Crippen MR) is 141 cm³/mol. The minimum Gasteiger partial charge on any atom is -0.478 e. The van der Waals surface area contributed by atoms with Crippen molar-refractivity contribution in [2.75, 3.05) is 13.2 Å². The van der Waals surface area contributed by atoms with Crippen LogP contribution >= 0.6 is 11.6 Å². The molecule has 5 nitrogen and oxygen atoms in total. The number of hydrogen-bond acceptors (Lipinski definition) is 4. The first kappa shape index (κ1) is 28.7. The summed E-state index contributed by atoms with van der Waals surface area (Å²) < 4.78 is 33.9. The van der Waals surface area contributed by atoms with Crippen LogP contribution in [0.2, 0.25) is 5.02 Å². The molecule has 1 unspecified atom stereocenters. The first-order valence-electron chi connectivity index (χ1n) is 12.0. The molecule has 0 saturated carbocycles. The second kappa shape index (κ2) is 12.1. The number of aliphatic hydroxyl groups excluding tert-OH is 1. The Morgan fingerprint density at radius 2 is 1.81 bits per heavy atom. The average Bonchev–Trinajstić information content (AvgIpc) is 2.84. The van der Waals surface area contributed by atoms with Crippen molar-refractivity contribution in [3.05, 3.63) is 93.5 Å². The largest absolute Gasteiger partial charge is 0.478 e. The molecule has 198 valence electrons. The van der Waals surface area contributed by atoms with Gasteiger partial charge in [0.15, 0.2) is 0 Å². The van der Waals surface area contributed by atoms with Gasteiger partial charge in [0, 0.05) is 12.1 Å². The standard InChI is InChI=1S/C29H32ClF2NO4/c1-17-11-19(9-10-22(17)28(35)36)24-8-6-5-7-23(24)18(2)37-16-21(34)15-33-29(3,4)14-20-12-27(32)25(30)13-26(20)31/h5-13,18,21,33-34H,14-16H2,1-4H3,(H,35,36)/t18?,21-/m1/s1. The molecule has 3 N–H and O–H groups in total. The maximum absolute atomic E-state index is 14.2. The SMILES string of the molecule is Cc1cc(-c2ccccc2C(C)OC[C@H](O)CNC(C)(C)Cc2cc(F)c(Cl)cc2F)ccc1C(=O)O. The second-order valence-electron chi connectivity index (χ2n) is 9.85. The number of carboxylic acids is 1. The van der Waals surface area contributed by atoms with Crippen LogP contribution in [-0.4, -0.2) is 41.0 Å². The normalized spacial score (nSPS) is 13.4. The number of hydrogen-bond donors (Lipinski definition) is 3. The van der Waals surface area contributed by atoms with Gasteiger partial charge < -0.3 is 20.3 Å². The summed E-state index contributed by atoms with van der Waals surface area (Å²) in [7, 11) is 0. The van der Waals surface area contributed by atoms with E-state index >= 15 is 0 Å². The highest BCUT2D eigenvalue weighted by atomic mass is 35.5. The van der Waals surface area contributed by atoms with Gasteiger partial charge in [0.05, 0.1) is 29.4 Å². The van der Waals surface area contributed by atoms with Crippen LogP contribution in [0.3, 0.4) is 0 Å². The van der Waals surface area contributed by atoms with Crippen LogP contribution in [0.25, 0.3) is 11.1 Å². The highest BCUT2D eigenvalue weighted by Gasteiger charge is 2.23. The smallest absolute Gasteiger partial charge is 0.335 e. The van der Waals surface area contributed by atoms with E-state index in [1.165, 1.54) is 0 Å².